The average Bonchev–Trinajstić information content (AvgIpc) is 2.41. The third-order valence-corrected chi connectivity index (χ3v) is 2.85. The Morgan fingerprint density at radius 1 is 1.32 bits per heavy atom. The SMILES string of the molecule is CC(Nc1ccc(N)cc1C(=O)O)c1ccncc1. The van der Waals surface area contributed by atoms with Crippen LogP contribution in [0.1, 0.15) is 28.9 Å². The number of pyridine rings is 1. The van der Waals surface area contributed by atoms with Crippen LogP contribution in [0.25, 0.3) is 0 Å². The summed E-state index contributed by atoms with van der Waals surface area (Å²) in [5.41, 5.74) is 7.78. The van der Waals surface area contributed by atoms with Gasteiger partial charge in [-0.2, -0.15) is 0 Å². The van der Waals surface area contributed by atoms with Crippen LogP contribution in [0.4, 0.5) is 11.4 Å². The summed E-state index contributed by atoms with van der Waals surface area (Å²) in [5.74, 6) is -1.00. The number of carboxylic acid groups (broad SMARTS) is 1. The molecule has 0 radical (unpaired) electrons. The van der Waals surface area contributed by atoms with Crippen molar-refractivity contribution in [3.63, 3.8) is 0 Å². The van der Waals surface area contributed by atoms with Crippen molar-refractivity contribution in [2.24, 2.45) is 0 Å². The molecule has 1 aromatic heterocycles. The van der Waals surface area contributed by atoms with Crippen molar-refractivity contribution in [1.82, 2.24) is 4.98 Å². The summed E-state index contributed by atoms with van der Waals surface area (Å²) in [4.78, 5) is 15.1. The van der Waals surface area contributed by atoms with E-state index in [0.717, 1.165) is 5.56 Å². The van der Waals surface area contributed by atoms with Crippen molar-refractivity contribution < 1.29 is 9.90 Å². The molecule has 0 fully saturated rings. The Hall–Kier alpha value is -2.56. The molecule has 2 rings (SSSR count). The standard InChI is InChI=1S/C14H15N3O2/c1-9(10-4-6-16-7-5-10)17-13-3-2-11(15)8-12(13)14(18)19/h2-9,17H,15H2,1H3,(H,18,19). The van der Waals surface area contributed by atoms with Crippen LogP contribution in [-0.4, -0.2) is 16.1 Å². The van der Waals surface area contributed by atoms with E-state index in [1.54, 1.807) is 24.5 Å². The highest BCUT2D eigenvalue weighted by atomic mass is 16.4. The number of nitrogens with one attached hydrogen (secondary N) is 1. The second kappa shape index (κ2) is 5.39. The van der Waals surface area contributed by atoms with Gasteiger partial charge in [-0.25, -0.2) is 4.79 Å². The van der Waals surface area contributed by atoms with Crippen molar-refractivity contribution in [2.45, 2.75) is 13.0 Å². The number of nitrogens with zero attached hydrogens (tertiary/aromatic N) is 1. The normalized spacial score (nSPS) is 11.8. The molecule has 0 spiro atoms. The van der Waals surface area contributed by atoms with Crippen molar-refractivity contribution in [1.29, 1.82) is 0 Å². The van der Waals surface area contributed by atoms with Gasteiger partial charge in [-0.15, -0.1) is 0 Å². The summed E-state index contributed by atoms with van der Waals surface area (Å²) in [6.07, 6.45) is 3.41. The van der Waals surface area contributed by atoms with E-state index in [1.807, 2.05) is 19.1 Å². The summed E-state index contributed by atoms with van der Waals surface area (Å²) < 4.78 is 0. The Bertz CT molecular complexity index is 584. The number of carboxylic acids is 1. The highest BCUT2D eigenvalue weighted by Crippen LogP contribution is 2.24. The Balaban J connectivity index is 2.26. The van der Waals surface area contributed by atoms with E-state index >= 15 is 0 Å². The first-order valence-corrected chi connectivity index (χ1v) is 5.87. The summed E-state index contributed by atoms with van der Waals surface area (Å²) in [6, 6.07) is 8.55. The zero-order valence-electron chi connectivity index (χ0n) is 10.5. The van der Waals surface area contributed by atoms with Gasteiger partial charge in [-0.1, -0.05) is 0 Å². The van der Waals surface area contributed by atoms with Gasteiger partial charge in [-0.3, -0.25) is 4.98 Å². The van der Waals surface area contributed by atoms with Crippen molar-refractivity contribution in [3.8, 4) is 0 Å². The summed E-state index contributed by atoms with van der Waals surface area (Å²) in [7, 11) is 0. The number of hydrogen-bond acceptors (Lipinski definition) is 4. The van der Waals surface area contributed by atoms with Gasteiger partial charge < -0.3 is 16.2 Å². The zero-order valence-corrected chi connectivity index (χ0v) is 10.5. The van der Waals surface area contributed by atoms with Crippen molar-refractivity contribution in [2.75, 3.05) is 11.1 Å². The molecule has 5 nitrogen and oxygen atoms in total. The van der Waals surface area contributed by atoms with Gasteiger partial charge >= 0.3 is 5.97 Å². The Morgan fingerprint density at radius 3 is 2.63 bits per heavy atom. The summed E-state index contributed by atoms with van der Waals surface area (Å²) >= 11 is 0. The molecule has 1 aromatic carbocycles. The number of anilines is 2. The number of rotatable bonds is 4. The van der Waals surface area contributed by atoms with Crippen molar-refractivity contribution in [3.05, 3.63) is 53.9 Å². The summed E-state index contributed by atoms with van der Waals surface area (Å²) in [6.45, 7) is 1.96. The third kappa shape index (κ3) is 3.01. The lowest BCUT2D eigenvalue weighted by atomic mass is 10.1. The molecule has 98 valence electrons. The van der Waals surface area contributed by atoms with Gasteiger partial charge in [0.05, 0.1) is 5.56 Å². The molecule has 1 unspecified atom stereocenters. The molecule has 2 aromatic rings. The van der Waals surface area contributed by atoms with Crippen LogP contribution >= 0.6 is 0 Å². The number of aromatic nitrogens is 1. The molecule has 0 aliphatic heterocycles. The molecule has 0 aliphatic carbocycles. The maximum Gasteiger partial charge on any atom is 0.337 e. The molecule has 19 heavy (non-hydrogen) atoms. The first kappa shape index (κ1) is 12.9. The minimum absolute atomic E-state index is 0.0234. The first-order chi connectivity index (χ1) is 9.08. The number of carbonyl (C=O) groups is 1. The highest BCUT2D eigenvalue weighted by molar-refractivity contribution is 5.95. The lowest BCUT2D eigenvalue weighted by Crippen LogP contribution is -2.11. The summed E-state index contributed by atoms with van der Waals surface area (Å²) in [5, 5.41) is 12.3. The van der Waals surface area contributed by atoms with Gasteiger partial charge in [0, 0.05) is 29.8 Å². The predicted molar refractivity (Wildman–Crippen MR) is 74.1 cm³/mol. The zero-order chi connectivity index (χ0) is 13.8. The van der Waals surface area contributed by atoms with Crippen LogP contribution in [0.3, 0.4) is 0 Å². The van der Waals surface area contributed by atoms with E-state index < -0.39 is 5.97 Å². The quantitative estimate of drug-likeness (QED) is 0.732. The molecule has 0 saturated carbocycles. The molecule has 0 aliphatic rings. The second-order valence-electron chi connectivity index (χ2n) is 4.26. The molecule has 0 amide bonds. The predicted octanol–water partition coefficient (Wildman–Crippen LogP) is 2.54. The van der Waals surface area contributed by atoms with Gasteiger partial charge in [0.2, 0.25) is 0 Å². The lowest BCUT2D eigenvalue weighted by Gasteiger charge is -2.17. The van der Waals surface area contributed by atoms with Crippen LogP contribution in [-0.2, 0) is 0 Å². The fraction of sp³-hybridized carbons (Fsp3) is 0.143. The fourth-order valence-corrected chi connectivity index (χ4v) is 1.83. The number of aromatic carboxylic acids is 1. The molecule has 4 N–H and O–H groups in total. The number of benzene rings is 1. The maximum absolute atomic E-state index is 11.2. The Kier molecular flexibility index (Phi) is 3.66. The Morgan fingerprint density at radius 2 is 2.00 bits per heavy atom. The molecular weight excluding hydrogens is 242 g/mol. The minimum atomic E-state index is -1.00. The Labute approximate surface area is 111 Å². The average molecular weight is 257 g/mol. The number of hydrogen-bond donors (Lipinski definition) is 3. The van der Waals surface area contributed by atoms with Crippen LogP contribution in [0.5, 0.6) is 0 Å². The van der Waals surface area contributed by atoms with E-state index in [4.69, 9.17) is 10.8 Å². The van der Waals surface area contributed by atoms with Gasteiger partial charge in [0.25, 0.3) is 0 Å². The molecule has 1 atom stereocenters. The monoisotopic (exact) mass is 257 g/mol. The highest BCUT2D eigenvalue weighted by Gasteiger charge is 2.13. The van der Waals surface area contributed by atoms with E-state index in [9.17, 15) is 4.79 Å². The largest absolute Gasteiger partial charge is 0.478 e. The third-order valence-electron chi connectivity index (χ3n) is 2.85. The molecular formula is C14H15N3O2. The van der Waals surface area contributed by atoms with Crippen LogP contribution in [0.2, 0.25) is 0 Å². The number of nitrogen functional groups attached to an aromatic ring is 1. The van der Waals surface area contributed by atoms with E-state index in [1.165, 1.54) is 6.07 Å². The van der Waals surface area contributed by atoms with Crippen LogP contribution in [0, 0.1) is 0 Å². The first-order valence-electron chi connectivity index (χ1n) is 5.87. The van der Waals surface area contributed by atoms with Crippen LogP contribution < -0.4 is 11.1 Å². The minimum Gasteiger partial charge on any atom is -0.478 e. The lowest BCUT2D eigenvalue weighted by molar-refractivity contribution is 0.0698. The van der Waals surface area contributed by atoms with E-state index in [2.05, 4.69) is 10.3 Å². The molecule has 0 saturated heterocycles. The molecule has 1 heterocycles. The van der Waals surface area contributed by atoms with Gasteiger partial charge in [0.1, 0.15) is 0 Å². The molecule has 5 heteroatoms. The van der Waals surface area contributed by atoms with Gasteiger partial charge in [0.15, 0.2) is 0 Å². The second-order valence-corrected chi connectivity index (χ2v) is 4.26. The van der Waals surface area contributed by atoms with E-state index in [0.29, 0.717) is 11.4 Å². The van der Waals surface area contributed by atoms with Gasteiger partial charge in [-0.05, 0) is 42.8 Å². The van der Waals surface area contributed by atoms with Crippen LogP contribution in [0.15, 0.2) is 42.7 Å². The topological polar surface area (TPSA) is 88.2 Å². The van der Waals surface area contributed by atoms with Crippen molar-refractivity contribution >= 4 is 17.3 Å². The maximum atomic E-state index is 11.2. The fourth-order valence-electron chi connectivity index (χ4n) is 1.83. The molecule has 0 bridgehead atoms. The number of nitrogens with two attached hydrogens (primary N) is 1. The smallest absolute Gasteiger partial charge is 0.337 e. The van der Waals surface area contributed by atoms with E-state index in [-0.39, 0.29) is 11.6 Å².